The lowest BCUT2D eigenvalue weighted by Crippen LogP contribution is -2.50. The van der Waals surface area contributed by atoms with E-state index >= 15 is 0 Å². The third-order valence-electron chi connectivity index (χ3n) is 4.49. The number of carbonyl (C=O) groups is 1. The van der Waals surface area contributed by atoms with Crippen LogP contribution in [0.5, 0.6) is 11.5 Å². The number of guanidine groups is 1. The van der Waals surface area contributed by atoms with Gasteiger partial charge in [-0.25, -0.2) is 0 Å². The Hall–Kier alpha value is -2.48. The van der Waals surface area contributed by atoms with E-state index in [2.05, 4.69) is 20.5 Å². The van der Waals surface area contributed by atoms with Crippen LogP contribution in [0.2, 0.25) is 0 Å². The molecule has 1 fully saturated rings. The summed E-state index contributed by atoms with van der Waals surface area (Å²) in [5.41, 5.74) is 0.874. The molecule has 150 valence electrons. The Bertz CT molecular complexity index is 642. The Kier molecular flexibility index (Phi) is 8.19. The van der Waals surface area contributed by atoms with E-state index in [0.29, 0.717) is 18.3 Å². The number of carbonyl (C=O) groups excluding carboxylic acids is 1. The predicted octanol–water partition coefficient (Wildman–Crippen LogP) is 1.25. The van der Waals surface area contributed by atoms with Gasteiger partial charge < -0.3 is 25.0 Å². The minimum Gasteiger partial charge on any atom is -0.493 e. The van der Waals surface area contributed by atoms with Gasteiger partial charge in [-0.05, 0) is 19.1 Å². The van der Waals surface area contributed by atoms with E-state index < -0.39 is 0 Å². The summed E-state index contributed by atoms with van der Waals surface area (Å²) in [6.45, 7) is 9.25. The van der Waals surface area contributed by atoms with Gasteiger partial charge >= 0.3 is 0 Å². The van der Waals surface area contributed by atoms with Gasteiger partial charge in [0.2, 0.25) is 5.91 Å². The van der Waals surface area contributed by atoms with E-state index in [1.165, 1.54) is 0 Å². The zero-order chi connectivity index (χ0) is 19.6. The maximum Gasteiger partial charge on any atom is 0.219 e. The first-order valence-electron chi connectivity index (χ1n) is 9.33. The lowest BCUT2D eigenvalue weighted by atomic mass is 10.2. The number of nitrogens with zero attached hydrogens (tertiary/aromatic N) is 3. The zero-order valence-corrected chi connectivity index (χ0v) is 16.7. The van der Waals surface area contributed by atoms with Crippen LogP contribution in [0.1, 0.15) is 13.8 Å². The molecule has 1 aromatic carbocycles. The van der Waals surface area contributed by atoms with Crippen LogP contribution in [0.4, 0.5) is 5.69 Å². The molecule has 0 spiro atoms. The summed E-state index contributed by atoms with van der Waals surface area (Å²) < 4.78 is 10.9. The number of benzene rings is 1. The maximum atomic E-state index is 11.4. The number of anilines is 1. The lowest BCUT2D eigenvalue weighted by molar-refractivity contribution is -0.130. The molecule has 1 aliphatic rings. The summed E-state index contributed by atoms with van der Waals surface area (Å²) in [4.78, 5) is 19.9. The number of methoxy groups -OCH3 is 1. The third-order valence-corrected chi connectivity index (χ3v) is 4.49. The molecule has 0 unspecified atom stereocenters. The Labute approximate surface area is 161 Å². The van der Waals surface area contributed by atoms with Crippen molar-refractivity contribution in [3.63, 3.8) is 0 Å². The molecule has 1 aromatic rings. The van der Waals surface area contributed by atoms with Gasteiger partial charge in [0.25, 0.3) is 0 Å². The Morgan fingerprint density at radius 2 is 1.96 bits per heavy atom. The van der Waals surface area contributed by atoms with Crippen LogP contribution < -0.4 is 20.1 Å². The van der Waals surface area contributed by atoms with Crippen LogP contribution in [0, 0.1) is 0 Å². The first-order chi connectivity index (χ1) is 13.1. The molecule has 2 N–H and O–H groups in total. The van der Waals surface area contributed by atoms with Crippen molar-refractivity contribution >= 4 is 17.6 Å². The number of rotatable bonds is 7. The number of piperazine rings is 1. The van der Waals surface area contributed by atoms with Gasteiger partial charge in [0.05, 0.1) is 13.7 Å². The molecule has 2 rings (SSSR count). The molecule has 8 heteroatoms. The first-order valence-corrected chi connectivity index (χ1v) is 9.33. The molecule has 1 saturated heterocycles. The fourth-order valence-corrected chi connectivity index (χ4v) is 2.95. The molecule has 27 heavy (non-hydrogen) atoms. The van der Waals surface area contributed by atoms with Crippen LogP contribution in [-0.2, 0) is 4.79 Å². The lowest BCUT2D eigenvalue weighted by Gasteiger charge is -2.34. The summed E-state index contributed by atoms with van der Waals surface area (Å²) in [7, 11) is 3.37. The number of nitrogens with one attached hydrogen (secondary N) is 2. The molecule has 0 atom stereocenters. The second-order valence-corrected chi connectivity index (χ2v) is 6.27. The monoisotopic (exact) mass is 377 g/mol. The molecule has 0 aromatic heterocycles. The van der Waals surface area contributed by atoms with Crippen molar-refractivity contribution in [2.45, 2.75) is 13.8 Å². The minimum atomic E-state index is 0.156. The first kappa shape index (κ1) is 20.8. The van der Waals surface area contributed by atoms with Crippen molar-refractivity contribution in [3.05, 3.63) is 18.2 Å². The highest BCUT2D eigenvalue weighted by Crippen LogP contribution is 2.30. The van der Waals surface area contributed by atoms with Crippen molar-refractivity contribution in [2.75, 3.05) is 65.3 Å². The van der Waals surface area contributed by atoms with Crippen LogP contribution in [0.3, 0.4) is 0 Å². The second kappa shape index (κ2) is 10.6. The highest BCUT2D eigenvalue weighted by Gasteiger charge is 2.18. The van der Waals surface area contributed by atoms with E-state index in [-0.39, 0.29) is 5.91 Å². The van der Waals surface area contributed by atoms with Crippen LogP contribution in [0.25, 0.3) is 0 Å². The van der Waals surface area contributed by atoms with Crippen molar-refractivity contribution in [1.82, 2.24) is 15.1 Å². The highest BCUT2D eigenvalue weighted by molar-refractivity contribution is 5.93. The van der Waals surface area contributed by atoms with Gasteiger partial charge in [0.1, 0.15) is 0 Å². The molecule has 1 aliphatic heterocycles. The van der Waals surface area contributed by atoms with Gasteiger partial charge in [0, 0.05) is 65.0 Å². The highest BCUT2D eigenvalue weighted by atomic mass is 16.5. The average molecular weight is 377 g/mol. The minimum absolute atomic E-state index is 0.156. The van der Waals surface area contributed by atoms with Gasteiger partial charge in [0.15, 0.2) is 17.5 Å². The van der Waals surface area contributed by atoms with Gasteiger partial charge in [-0.1, -0.05) is 0 Å². The number of ether oxygens (including phenoxy) is 2. The third kappa shape index (κ3) is 6.32. The number of hydrogen-bond acceptors (Lipinski definition) is 5. The number of aliphatic imine (C=N–C) groups is 1. The van der Waals surface area contributed by atoms with Gasteiger partial charge in [-0.15, -0.1) is 0 Å². The van der Waals surface area contributed by atoms with Crippen LogP contribution in [0.15, 0.2) is 23.2 Å². The number of amides is 1. The van der Waals surface area contributed by atoms with E-state index in [4.69, 9.17) is 9.47 Å². The van der Waals surface area contributed by atoms with Crippen molar-refractivity contribution < 1.29 is 14.3 Å². The molecule has 8 nitrogen and oxygen atoms in total. The van der Waals surface area contributed by atoms with Gasteiger partial charge in [-0.3, -0.25) is 14.7 Å². The van der Waals surface area contributed by atoms with E-state index in [1.807, 2.05) is 30.0 Å². The summed E-state index contributed by atoms with van der Waals surface area (Å²) >= 11 is 0. The summed E-state index contributed by atoms with van der Waals surface area (Å²) in [6, 6.07) is 5.70. The summed E-state index contributed by atoms with van der Waals surface area (Å²) in [6.07, 6.45) is 0. The number of hydrogen-bond donors (Lipinski definition) is 2. The molecule has 0 radical (unpaired) electrons. The molecular weight excluding hydrogens is 346 g/mol. The van der Waals surface area contributed by atoms with Crippen LogP contribution in [-0.4, -0.2) is 81.7 Å². The van der Waals surface area contributed by atoms with Gasteiger partial charge in [-0.2, -0.15) is 0 Å². The SMILES string of the molecule is CCOc1ccc(NC(=NC)NCCN2CCN(C(C)=O)CC2)cc1OC. The molecule has 0 bridgehead atoms. The predicted molar refractivity (Wildman–Crippen MR) is 108 cm³/mol. The Morgan fingerprint density at radius 1 is 1.22 bits per heavy atom. The fraction of sp³-hybridized carbons (Fsp3) is 0.579. The molecule has 0 saturated carbocycles. The second-order valence-electron chi connectivity index (χ2n) is 6.27. The topological polar surface area (TPSA) is 78.4 Å². The van der Waals surface area contributed by atoms with Crippen molar-refractivity contribution in [3.8, 4) is 11.5 Å². The summed E-state index contributed by atoms with van der Waals surface area (Å²) in [5.74, 6) is 2.26. The van der Waals surface area contributed by atoms with Crippen LogP contribution >= 0.6 is 0 Å². The summed E-state index contributed by atoms with van der Waals surface area (Å²) in [5, 5.41) is 6.59. The average Bonchev–Trinajstić information content (AvgIpc) is 2.68. The largest absolute Gasteiger partial charge is 0.493 e. The van der Waals surface area contributed by atoms with Crippen molar-refractivity contribution in [2.24, 2.45) is 4.99 Å². The molecule has 1 amide bonds. The maximum absolute atomic E-state index is 11.4. The zero-order valence-electron chi connectivity index (χ0n) is 16.7. The standard InChI is InChI=1S/C19H31N5O3/c1-5-27-17-7-6-16(14-18(17)26-4)22-19(20-3)21-8-9-23-10-12-24(13-11-23)15(2)25/h6-7,14H,5,8-13H2,1-4H3,(H2,20,21,22). The quantitative estimate of drug-likeness (QED) is 0.550. The molecular formula is C19H31N5O3. The van der Waals surface area contributed by atoms with Crippen molar-refractivity contribution in [1.29, 1.82) is 0 Å². The Morgan fingerprint density at radius 3 is 2.56 bits per heavy atom. The normalized spacial score (nSPS) is 15.4. The fourth-order valence-electron chi connectivity index (χ4n) is 2.95. The molecule has 1 heterocycles. The Balaban J connectivity index is 1.80. The molecule has 0 aliphatic carbocycles. The van der Waals surface area contributed by atoms with E-state index in [0.717, 1.165) is 50.7 Å². The smallest absolute Gasteiger partial charge is 0.219 e. The van der Waals surface area contributed by atoms with E-state index in [9.17, 15) is 4.79 Å². The van der Waals surface area contributed by atoms with E-state index in [1.54, 1.807) is 21.1 Å².